The third-order valence-electron chi connectivity index (χ3n) is 5.51. The fraction of sp³-hybridized carbons (Fsp3) is 0.409. The van der Waals surface area contributed by atoms with Crippen LogP contribution in [0, 0.1) is 5.92 Å². The predicted molar refractivity (Wildman–Crippen MR) is 112 cm³/mol. The van der Waals surface area contributed by atoms with Crippen LogP contribution in [0.15, 0.2) is 53.5 Å². The number of anilines is 1. The van der Waals surface area contributed by atoms with E-state index in [1.54, 1.807) is 7.11 Å². The van der Waals surface area contributed by atoms with Crippen molar-refractivity contribution in [2.75, 3.05) is 38.3 Å². The van der Waals surface area contributed by atoms with Gasteiger partial charge in [-0.2, -0.15) is 0 Å². The molecule has 0 radical (unpaired) electrons. The molecule has 2 atom stereocenters. The van der Waals surface area contributed by atoms with Crippen molar-refractivity contribution in [1.82, 2.24) is 5.32 Å². The lowest BCUT2D eigenvalue weighted by atomic mass is 10.0. The van der Waals surface area contributed by atoms with E-state index in [2.05, 4.69) is 33.4 Å². The minimum atomic E-state index is 0.155. The van der Waals surface area contributed by atoms with Gasteiger partial charge in [-0.05, 0) is 30.5 Å². The number of rotatable bonds is 5. The highest BCUT2D eigenvalue weighted by molar-refractivity contribution is 5.78. The van der Waals surface area contributed by atoms with Crippen molar-refractivity contribution >= 4 is 11.6 Å². The summed E-state index contributed by atoms with van der Waals surface area (Å²) in [5.74, 6) is 2.86. The number of ether oxygens (including phenoxy) is 2. The Kier molecular flexibility index (Phi) is 5.55. The Morgan fingerprint density at radius 2 is 2.04 bits per heavy atom. The summed E-state index contributed by atoms with van der Waals surface area (Å²) >= 11 is 0. The summed E-state index contributed by atoms with van der Waals surface area (Å²) < 4.78 is 11.2. The van der Waals surface area contributed by atoms with Crippen LogP contribution in [0.25, 0.3) is 0 Å². The maximum Gasteiger partial charge on any atom is 0.189 e. The third-order valence-corrected chi connectivity index (χ3v) is 5.51. The molecule has 2 aromatic carbocycles. The number of methoxy groups -OCH3 is 1. The molecule has 6 nitrogen and oxygen atoms in total. The molecular formula is C22H28N4O2. The number of benzene rings is 2. The van der Waals surface area contributed by atoms with Crippen molar-refractivity contribution < 1.29 is 9.47 Å². The summed E-state index contributed by atoms with van der Waals surface area (Å²) in [6.07, 6.45) is 1.99. The van der Waals surface area contributed by atoms with Crippen LogP contribution in [-0.2, 0) is 0 Å². The van der Waals surface area contributed by atoms with Crippen molar-refractivity contribution in [3.8, 4) is 11.5 Å². The fourth-order valence-electron chi connectivity index (χ4n) is 4.04. The first-order valence-corrected chi connectivity index (χ1v) is 9.90. The number of para-hydroxylation sites is 3. The molecular weight excluding hydrogens is 352 g/mol. The molecule has 0 bridgehead atoms. The highest BCUT2D eigenvalue weighted by Gasteiger charge is 2.25. The van der Waals surface area contributed by atoms with Crippen LogP contribution in [0.2, 0.25) is 0 Å². The smallest absolute Gasteiger partial charge is 0.189 e. The summed E-state index contributed by atoms with van der Waals surface area (Å²) in [6, 6.07) is 16.4. The third kappa shape index (κ3) is 4.01. The molecule has 2 heterocycles. The summed E-state index contributed by atoms with van der Waals surface area (Å²) in [5, 5.41) is 3.37. The van der Waals surface area contributed by atoms with Crippen molar-refractivity contribution in [3.63, 3.8) is 0 Å². The number of nitrogens with one attached hydrogen (secondary N) is 1. The van der Waals surface area contributed by atoms with Gasteiger partial charge in [0.1, 0.15) is 11.5 Å². The molecule has 0 spiro atoms. The standard InChI is InChI=1S/C22H28N4O2/c1-27-21-9-5-3-7-19(21)26-12-10-16(15-26)14-24-22(23)25-18-11-13-28-20-8-4-2-6-17(18)20/h2-9,16,18H,10-15H2,1H3,(H3,23,24,25). The number of aliphatic imine (C=N–C) groups is 1. The molecule has 0 amide bonds. The molecule has 2 unspecified atom stereocenters. The van der Waals surface area contributed by atoms with Gasteiger partial charge >= 0.3 is 0 Å². The topological polar surface area (TPSA) is 72.1 Å². The normalized spacial score (nSPS) is 21.8. The Morgan fingerprint density at radius 1 is 1.21 bits per heavy atom. The number of fused-ring (bicyclic) bond motifs is 1. The molecule has 28 heavy (non-hydrogen) atoms. The molecule has 4 rings (SSSR count). The van der Waals surface area contributed by atoms with E-state index in [1.807, 2.05) is 30.3 Å². The van der Waals surface area contributed by atoms with E-state index < -0.39 is 0 Å². The summed E-state index contributed by atoms with van der Waals surface area (Å²) in [4.78, 5) is 7.00. The van der Waals surface area contributed by atoms with Gasteiger partial charge in [0.2, 0.25) is 0 Å². The molecule has 0 saturated carbocycles. The molecule has 2 aliphatic rings. The largest absolute Gasteiger partial charge is 0.495 e. The lowest BCUT2D eigenvalue weighted by molar-refractivity contribution is 0.262. The van der Waals surface area contributed by atoms with Crippen LogP contribution in [0.5, 0.6) is 11.5 Å². The molecule has 2 aliphatic heterocycles. The van der Waals surface area contributed by atoms with E-state index in [4.69, 9.17) is 15.2 Å². The molecule has 2 aromatic rings. The minimum Gasteiger partial charge on any atom is -0.495 e. The maximum atomic E-state index is 6.20. The zero-order valence-corrected chi connectivity index (χ0v) is 16.3. The molecule has 3 N–H and O–H groups in total. The summed E-state index contributed by atoms with van der Waals surface area (Å²) in [6.45, 7) is 3.41. The van der Waals surface area contributed by atoms with E-state index in [0.29, 0.717) is 18.5 Å². The number of hydrogen-bond acceptors (Lipinski definition) is 4. The second-order valence-electron chi connectivity index (χ2n) is 7.37. The van der Waals surface area contributed by atoms with Crippen LogP contribution >= 0.6 is 0 Å². The highest BCUT2D eigenvalue weighted by atomic mass is 16.5. The van der Waals surface area contributed by atoms with Crippen molar-refractivity contribution in [3.05, 3.63) is 54.1 Å². The SMILES string of the molecule is COc1ccccc1N1CCC(CN=C(N)NC2CCOc3ccccc32)C1. The minimum absolute atomic E-state index is 0.155. The lowest BCUT2D eigenvalue weighted by Crippen LogP contribution is -2.37. The number of nitrogens with zero attached hydrogens (tertiary/aromatic N) is 2. The molecule has 148 valence electrons. The summed E-state index contributed by atoms with van der Waals surface area (Å²) in [7, 11) is 1.72. The lowest BCUT2D eigenvalue weighted by Gasteiger charge is -2.27. The van der Waals surface area contributed by atoms with Gasteiger partial charge in [-0.1, -0.05) is 30.3 Å². The predicted octanol–water partition coefficient (Wildman–Crippen LogP) is 2.95. The average Bonchev–Trinajstić information content (AvgIpc) is 3.21. The van der Waals surface area contributed by atoms with Crippen LogP contribution in [0.1, 0.15) is 24.4 Å². The summed E-state index contributed by atoms with van der Waals surface area (Å²) in [5.41, 5.74) is 8.50. The molecule has 0 aromatic heterocycles. The van der Waals surface area contributed by atoms with Gasteiger partial charge in [-0.25, -0.2) is 0 Å². The Balaban J connectivity index is 1.34. The first-order chi connectivity index (χ1) is 13.7. The van der Waals surface area contributed by atoms with E-state index in [0.717, 1.165) is 55.2 Å². The highest BCUT2D eigenvalue weighted by Crippen LogP contribution is 2.33. The monoisotopic (exact) mass is 380 g/mol. The van der Waals surface area contributed by atoms with Crippen molar-refractivity contribution in [2.24, 2.45) is 16.6 Å². The quantitative estimate of drug-likeness (QED) is 0.616. The Bertz CT molecular complexity index is 839. The van der Waals surface area contributed by atoms with Gasteiger partial charge in [0.05, 0.1) is 25.4 Å². The fourth-order valence-corrected chi connectivity index (χ4v) is 4.04. The first-order valence-electron chi connectivity index (χ1n) is 9.90. The van der Waals surface area contributed by atoms with Crippen LogP contribution in [0.4, 0.5) is 5.69 Å². The number of guanidine groups is 1. The Labute approximate surface area is 166 Å². The van der Waals surface area contributed by atoms with Gasteiger partial charge in [0, 0.05) is 31.6 Å². The second kappa shape index (κ2) is 8.42. The van der Waals surface area contributed by atoms with Gasteiger partial charge < -0.3 is 25.4 Å². The molecule has 6 heteroatoms. The molecule has 0 aliphatic carbocycles. The Morgan fingerprint density at radius 3 is 2.93 bits per heavy atom. The zero-order valence-electron chi connectivity index (χ0n) is 16.3. The van der Waals surface area contributed by atoms with Crippen LogP contribution < -0.4 is 25.4 Å². The number of nitrogens with two attached hydrogens (primary N) is 1. The molecule has 1 fully saturated rings. The Hall–Kier alpha value is -2.89. The van der Waals surface area contributed by atoms with Gasteiger partial charge in [0.15, 0.2) is 5.96 Å². The van der Waals surface area contributed by atoms with Crippen LogP contribution in [-0.4, -0.2) is 39.3 Å². The van der Waals surface area contributed by atoms with E-state index in [-0.39, 0.29) is 6.04 Å². The van der Waals surface area contributed by atoms with Gasteiger partial charge in [-0.3, -0.25) is 4.99 Å². The van der Waals surface area contributed by atoms with E-state index in [9.17, 15) is 0 Å². The van der Waals surface area contributed by atoms with Crippen molar-refractivity contribution in [2.45, 2.75) is 18.9 Å². The first kappa shape index (κ1) is 18.5. The average molecular weight is 380 g/mol. The number of hydrogen-bond donors (Lipinski definition) is 2. The van der Waals surface area contributed by atoms with E-state index >= 15 is 0 Å². The zero-order chi connectivity index (χ0) is 19.3. The second-order valence-corrected chi connectivity index (χ2v) is 7.37. The van der Waals surface area contributed by atoms with Gasteiger partial charge in [-0.15, -0.1) is 0 Å². The van der Waals surface area contributed by atoms with Gasteiger partial charge in [0.25, 0.3) is 0 Å². The van der Waals surface area contributed by atoms with E-state index in [1.165, 1.54) is 0 Å². The van der Waals surface area contributed by atoms with Crippen LogP contribution in [0.3, 0.4) is 0 Å². The maximum absolute atomic E-state index is 6.20. The van der Waals surface area contributed by atoms with Crippen molar-refractivity contribution in [1.29, 1.82) is 0 Å². The molecule has 1 saturated heterocycles.